The first kappa shape index (κ1) is 17.6. The van der Waals surface area contributed by atoms with Gasteiger partial charge in [0, 0.05) is 17.1 Å². The molecule has 25 heavy (non-hydrogen) atoms. The lowest BCUT2D eigenvalue weighted by atomic mass is 10.1. The monoisotopic (exact) mass is 366 g/mol. The Hall–Kier alpha value is -2.17. The number of thiophene rings is 1. The minimum absolute atomic E-state index is 0.751. The highest BCUT2D eigenvalue weighted by atomic mass is 32.1. The molecule has 4 heteroatoms. The van der Waals surface area contributed by atoms with Crippen molar-refractivity contribution >= 4 is 34.4 Å². The molecule has 3 aromatic rings. The number of aryl methyl sites for hydroxylation is 1. The molecular weight excluding hydrogens is 344 g/mol. The smallest absolute Gasteiger partial charge is 0.174 e. The number of thiocarbonyl (C=S) groups is 1. The van der Waals surface area contributed by atoms with Gasteiger partial charge in [0.15, 0.2) is 5.11 Å². The fourth-order valence-electron chi connectivity index (χ4n) is 2.62. The van der Waals surface area contributed by atoms with Crippen molar-refractivity contribution in [1.29, 1.82) is 0 Å². The highest BCUT2D eigenvalue weighted by molar-refractivity contribution is 7.80. The number of nitrogens with zero attached hydrogens (tertiary/aromatic N) is 1. The van der Waals surface area contributed by atoms with E-state index in [1.807, 2.05) is 6.07 Å². The number of hydrogen-bond acceptors (Lipinski definition) is 2. The van der Waals surface area contributed by atoms with E-state index in [9.17, 15) is 0 Å². The fraction of sp³-hybridized carbons (Fsp3) is 0.190. The van der Waals surface area contributed by atoms with Crippen LogP contribution < -0.4 is 5.32 Å². The summed E-state index contributed by atoms with van der Waals surface area (Å²) in [6.45, 7) is 3.76. The quantitative estimate of drug-likeness (QED) is 0.563. The second-order valence-corrected chi connectivity index (χ2v) is 7.32. The molecule has 0 aliphatic carbocycles. The lowest BCUT2D eigenvalue weighted by Gasteiger charge is -2.25. The summed E-state index contributed by atoms with van der Waals surface area (Å²) in [5, 5.41) is 6.25. The predicted octanol–water partition coefficient (Wildman–Crippen LogP) is 5.71. The van der Waals surface area contributed by atoms with Crippen LogP contribution in [-0.4, -0.2) is 10.0 Å². The zero-order valence-electron chi connectivity index (χ0n) is 14.3. The van der Waals surface area contributed by atoms with Crippen LogP contribution in [0.25, 0.3) is 0 Å². The maximum Gasteiger partial charge on any atom is 0.174 e. The highest BCUT2D eigenvalue weighted by Crippen LogP contribution is 2.17. The normalized spacial score (nSPS) is 10.4. The zero-order valence-corrected chi connectivity index (χ0v) is 15.9. The van der Waals surface area contributed by atoms with Gasteiger partial charge in [-0.15, -0.1) is 11.3 Å². The second-order valence-electron chi connectivity index (χ2n) is 5.90. The number of hydrogen-bond donors (Lipinski definition) is 1. The van der Waals surface area contributed by atoms with E-state index in [1.54, 1.807) is 11.3 Å². The van der Waals surface area contributed by atoms with Crippen LogP contribution in [0, 0.1) is 0 Å². The van der Waals surface area contributed by atoms with Gasteiger partial charge in [-0.3, -0.25) is 0 Å². The molecule has 0 spiro atoms. The minimum Gasteiger partial charge on any atom is -0.340 e. The van der Waals surface area contributed by atoms with Gasteiger partial charge in [-0.2, -0.15) is 0 Å². The highest BCUT2D eigenvalue weighted by Gasteiger charge is 2.12. The molecule has 128 valence electrons. The lowest BCUT2D eigenvalue weighted by Crippen LogP contribution is -2.33. The van der Waals surface area contributed by atoms with Crippen LogP contribution in [0.3, 0.4) is 0 Å². The number of anilines is 1. The zero-order chi connectivity index (χ0) is 17.5. The molecule has 0 aliphatic heterocycles. The standard InChI is InChI=1S/C21H22N2S2/c1-2-17-10-12-19(13-11-17)22-21(24)23(16-20-9-6-14-25-20)15-18-7-4-3-5-8-18/h3-14H,2,15-16H2,1H3,(H,22,24). The van der Waals surface area contributed by atoms with Crippen molar-refractivity contribution in [1.82, 2.24) is 4.90 Å². The van der Waals surface area contributed by atoms with Gasteiger partial charge in [-0.25, -0.2) is 0 Å². The maximum atomic E-state index is 5.71. The molecule has 0 unspecified atom stereocenters. The van der Waals surface area contributed by atoms with Crippen molar-refractivity contribution < 1.29 is 0 Å². The van der Waals surface area contributed by atoms with Crippen LogP contribution in [0.5, 0.6) is 0 Å². The van der Waals surface area contributed by atoms with Crippen LogP contribution in [-0.2, 0) is 19.5 Å². The van der Waals surface area contributed by atoms with Gasteiger partial charge in [0.25, 0.3) is 0 Å². The summed E-state index contributed by atoms with van der Waals surface area (Å²) >= 11 is 7.47. The molecule has 1 heterocycles. The molecule has 0 saturated carbocycles. The topological polar surface area (TPSA) is 15.3 Å². The van der Waals surface area contributed by atoms with Gasteiger partial charge in [0.1, 0.15) is 0 Å². The number of nitrogens with one attached hydrogen (secondary N) is 1. The second kappa shape index (κ2) is 8.79. The summed E-state index contributed by atoms with van der Waals surface area (Å²) in [6.07, 6.45) is 1.04. The average molecular weight is 367 g/mol. The Kier molecular flexibility index (Phi) is 6.20. The first-order valence-corrected chi connectivity index (χ1v) is 9.74. The van der Waals surface area contributed by atoms with Crippen LogP contribution in [0.15, 0.2) is 72.1 Å². The van der Waals surface area contributed by atoms with Crippen molar-refractivity contribution in [2.45, 2.75) is 26.4 Å². The third-order valence-electron chi connectivity index (χ3n) is 4.04. The van der Waals surface area contributed by atoms with Crippen LogP contribution in [0.4, 0.5) is 5.69 Å². The van der Waals surface area contributed by atoms with Crippen molar-refractivity contribution in [3.05, 3.63) is 88.1 Å². The van der Waals surface area contributed by atoms with E-state index in [4.69, 9.17) is 12.2 Å². The molecule has 0 saturated heterocycles. The van der Waals surface area contributed by atoms with E-state index in [-0.39, 0.29) is 0 Å². The summed E-state index contributed by atoms with van der Waals surface area (Å²) in [5.41, 5.74) is 3.62. The average Bonchev–Trinajstić information content (AvgIpc) is 3.16. The number of rotatable bonds is 6. The van der Waals surface area contributed by atoms with Crippen molar-refractivity contribution in [3.63, 3.8) is 0 Å². The van der Waals surface area contributed by atoms with Crippen molar-refractivity contribution in [3.8, 4) is 0 Å². The Morgan fingerprint density at radius 2 is 1.68 bits per heavy atom. The third-order valence-corrected chi connectivity index (χ3v) is 5.27. The van der Waals surface area contributed by atoms with Crippen molar-refractivity contribution in [2.24, 2.45) is 0 Å². The summed E-state index contributed by atoms with van der Waals surface area (Å²) in [5.74, 6) is 0. The van der Waals surface area contributed by atoms with E-state index in [1.165, 1.54) is 16.0 Å². The van der Waals surface area contributed by atoms with E-state index in [2.05, 4.69) is 83.2 Å². The van der Waals surface area contributed by atoms with E-state index < -0.39 is 0 Å². The molecule has 0 fully saturated rings. The van der Waals surface area contributed by atoms with Gasteiger partial charge in [-0.1, -0.05) is 55.5 Å². The molecule has 0 aliphatic rings. The summed E-state index contributed by atoms with van der Waals surface area (Å²) < 4.78 is 0. The molecule has 2 aromatic carbocycles. The van der Waals surface area contributed by atoms with Crippen molar-refractivity contribution in [2.75, 3.05) is 5.32 Å². The Morgan fingerprint density at radius 3 is 2.32 bits per heavy atom. The van der Waals surface area contributed by atoms with Crippen LogP contribution >= 0.6 is 23.6 Å². The molecule has 1 aromatic heterocycles. The Balaban J connectivity index is 1.73. The first-order chi connectivity index (χ1) is 12.2. The largest absolute Gasteiger partial charge is 0.340 e. The Labute approximate surface area is 159 Å². The molecule has 0 bridgehead atoms. The van der Waals surface area contributed by atoms with Gasteiger partial charge in [0.2, 0.25) is 0 Å². The molecule has 1 N–H and O–H groups in total. The van der Waals surface area contributed by atoms with Gasteiger partial charge >= 0.3 is 0 Å². The predicted molar refractivity (Wildman–Crippen MR) is 112 cm³/mol. The van der Waals surface area contributed by atoms with E-state index >= 15 is 0 Å². The molecule has 0 amide bonds. The molecule has 0 radical (unpaired) electrons. The summed E-state index contributed by atoms with van der Waals surface area (Å²) in [4.78, 5) is 3.52. The van der Waals surface area contributed by atoms with Gasteiger partial charge < -0.3 is 10.2 Å². The molecule has 2 nitrogen and oxygen atoms in total. The molecular formula is C21H22N2S2. The van der Waals surface area contributed by atoms with Crippen LogP contribution in [0.1, 0.15) is 22.9 Å². The van der Waals surface area contributed by atoms with E-state index in [0.717, 1.165) is 30.3 Å². The van der Waals surface area contributed by atoms with Gasteiger partial charge in [-0.05, 0) is 53.3 Å². The minimum atomic E-state index is 0.751. The fourth-order valence-corrected chi connectivity index (χ4v) is 3.59. The number of benzene rings is 2. The van der Waals surface area contributed by atoms with Gasteiger partial charge in [0.05, 0.1) is 6.54 Å². The Morgan fingerprint density at radius 1 is 0.920 bits per heavy atom. The van der Waals surface area contributed by atoms with E-state index in [0.29, 0.717) is 0 Å². The lowest BCUT2D eigenvalue weighted by molar-refractivity contribution is 0.416. The summed E-state index contributed by atoms with van der Waals surface area (Å²) in [6, 6.07) is 23.2. The molecule has 0 atom stereocenters. The Bertz CT molecular complexity index is 781. The van der Waals surface area contributed by atoms with Crippen LogP contribution in [0.2, 0.25) is 0 Å². The maximum absolute atomic E-state index is 5.71. The molecule has 3 rings (SSSR count). The first-order valence-electron chi connectivity index (χ1n) is 8.46. The SMILES string of the molecule is CCc1ccc(NC(=S)N(Cc2ccccc2)Cc2cccs2)cc1. The summed E-state index contributed by atoms with van der Waals surface area (Å²) in [7, 11) is 0. The third kappa shape index (κ3) is 5.15.